The van der Waals surface area contributed by atoms with Gasteiger partial charge in [-0.2, -0.15) is 0 Å². The Hall–Kier alpha value is -0.910. The Labute approximate surface area is 91.9 Å². The molecule has 0 aliphatic carbocycles. The average Bonchev–Trinajstić information content (AvgIpc) is 2.14. The van der Waals surface area contributed by atoms with Crippen LogP contribution in [-0.2, 0) is 20.4 Å². The van der Waals surface area contributed by atoms with Crippen LogP contribution in [0, 0.1) is 5.92 Å². The molecule has 0 fully saturated rings. The number of amides is 1. The van der Waals surface area contributed by atoms with E-state index in [0.29, 0.717) is 0 Å². The Bertz CT molecular complexity index is 277. The summed E-state index contributed by atoms with van der Waals surface area (Å²) in [6, 6.07) is 0. The van der Waals surface area contributed by atoms with Crippen LogP contribution in [0.3, 0.4) is 0 Å². The molecule has 3 atom stereocenters. The quantitative estimate of drug-likeness (QED) is 0.724. The molecular weight excluding hydrogens is 218 g/mol. The lowest BCUT2D eigenvalue weighted by molar-refractivity contribution is -0.140. The predicted octanol–water partition coefficient (Wildman–Crippen LogP) is -0.0675. The first kappa shape index (κ1) is 14.1. The Morgan fingerprint density at radius 1 is 1.33 bits per heavy atom. The maximum atomic E-state index is 11.6. The lowest BCUT2D eigenvalue weighted by Crippen LogP contribution is -2.36. The van der Waals surface area contributed by atoms with Crippen molar-refractivity contribution in [3.8, 4) is 0 Å². The van der Waals surface area contributed by atoms with Gasteiger partial charge in [0.2, 0.25) is 5.91 Å². The molecule has 0 aromatic rings. The van der Waals surface area contributed by atoms with Gasteiger partial charge in [-0.1, -0.05) is 6.92 Å². The summed E-state index contributed by atoms with van der Waals surface area (Å²) < 4.78 is 11.6. The zero-order chi connectivity index (χ0) is 12.2. The first-order valence-corrected chi connectivity index (χ1v) is 5.96. The van der Waals surface area contributed by atoms with Crippen LogP contribution in [0.25, 0.3) is 0 Å². The second-order valence-electron chi connectivity index (χ2n) is 3.66. The van der Waals surface area contributed by atoms with E-state index in [9.17, 15) is 13.8 Å². The summed E-state index contributed by atoms with van der Waals surface area (Å²) in [5.74, 6) is -1.92. The normalized spacial score (nSPS) is 16.5. The Kier molecular flexibility index (Phi) is 5.49. The van der Waals surface area contributed by atoms with E-state index >= 15 is 0 Å². The molecule has 0 rings (SSSR count). The fourth-order valence-electron chi connectivity index (χ4n) is 0.938. The number of nitrogens with zero attached hydrogens (tertiary/aromatic N) is 1. The van der Waals surface area contributed by atoms with Gasteiger partial charge in [-0.15, -0.1) is 0 Å². The van der Waals surface area contributed by atoms with Gasteiger partial charge in [-0.25, -0.2) is 0 Å². The van der Waals surface area contributed by atoms with Crippen LogP contribution in [0.1, 0.15) is 13.8 Å². The van der Waals surface area contributed by atoms with Crippen LogP contribution in [0.15, 0.2) is 0 Å². The molecule has 0 spiro atoms. The summed E-state index contributed by atoms with van der Waals surface area (Å²) in [6.45, 7) is 3.03. The molecule has 6 heteroatoms. The minimum absolute atomic E-state index is 0.0100. The highest BCUT2D eigenvalue weighted by atomic mass is 32.2. The van der Waals surface area contributed by atoms with Gasteiger partial charge in [-0.3, -0.25) is 13.8 Å². The number of rotatable bonds is 5. The molecule has 0 aromatic carbocycles. The second-order valence-corrected chi connectivity index (χ2v) is 5.46. The molecule has 0 aliphatic rings. The van der Waals surface area contributed by atoms with Crippen molar-refractivity contribution in [1.82, 2.24) is 4.90 Å². The van der Waals surface area contributed by atoms with Gasteiger partial charge in [0.1, 0.15) is 5.25 Å². The van der Waals surface area contributed by atoms with E-state index in [1.807, 2.05) is 0 Å². The molecule has 0 radical (unpaired) electrons. The van der Waals surface area contributed by atoms with Gasteiger partial charge in [0.05, 0.1) is 5.92 Å². The molecule has 1 amide bonds. The molecule has 5 nitrogen and oxygen atoms in total. The topological polar surface area (TPSA) is 74.7 Å². The van der Waals surface area contributed by atoms with Gasteiger partial charge in [0.15, 0.2) is 0 Å². The largest absolute Gasteiger partial charge is 0.481 e. The Balaban J connectivity index is 4.34. The molecule has 88 valence electrons. The van der Waals surface area contributed by atoms with Gasteiger partial charge in [0, 0.05) is 30.6 Å². The molecule has 0 aromatic heterocycles. The first-order chi connectivity index (χ1) is 6.77. The summed E-state index contributed by atoms with van der Waals surface area (Å²) in [5, 5.41) is 7.98. The molecule has 3 unspecified atom stereocenters. The zero-order valence-corrected chi connectivity index (χ0v) is 10.2. The highest BCUT2D eigenvalue weighted by Gasteiger charge is 2.24. The summed E-state index contributed by atoms with van der Waals surface area (Å²) in [7, 11) is 1.72. The predicted molar refractivity (Wildman–Crippen MR) is 58.0 cm³/mol. The number of aliphatic carboxylic acids is 1. The van der Waals surface area contributed by atoms with Crippen molar-refractivity contribution < 1.29 is 18.9 Å². The lowest BCUT2D eigenvalue weighted by atomic mass is 10.2. The summed E-state index contributed by atoms with van der Waals surface area (Å²) >= 11 is 0. The number of carboxylic acids is 1. The van der Waals surface area contributed by atoms with Gasteiger partial charge < -0.3 is 10.0 Å². The Morgan fingerprint density at radius 3 is 2.13 bits per heavy atom. The smallest absolute Gasteiger partial charge is 0.307 e. The molecular formula is C9H17NO4S. The molecule has 0 saturated heterocycles. The monoisotopic (exact) mass is 235 g/mol. The Morgan fingerprint density at radius 2 is 1.80 bits per heavy atom. The van der Waals surface area contributed by atoms with Crippen LogP contribution in [0.4, 0.5) is 0 Å². The minimum atomic E-state index is -1.44. The van der Waals surface area contributed by atoms with E-state index in [1.54, 1.807) is 21.0 Å². The highest BCUT2D eigenvalue weighted by molar-refractivity contribution is 7.86. The van der Waals surface area contributed by atoms with Crippen molar-refractivity contribution in [1.29, 1.82) is 0 Å². The number of carbonyl (C=O) groups excluding carboxylic acids is 1. The van der Waals surface area contributed by atoms with E-state index in [2.05, 4.69) is 0 Å². The van der Waals surface area contributed by atoms with Crippen LogP contribution in [0.5, 0.6) is 0 Å². The van der Waals surface area contributed by atoms with Crippen molar-refractivity contribution >= 4 is 22.7 Å². The van der Waals surface area contributed by atoms with E-state index in [4.69, 9.17) is 5.11 Å². The van der Waals surface area contributed by atoms with Crippen LogP contribution >= 0.6 is 0 Å². The van der Waals surface area contributed by atoms with Crippen LogP contribution in [0.2, 0.25) is 0 Å². The molecule has 0 aliphatic heterocycles. The van der Waals surface area contributed by atoms with Gasteiger partial charge >= 0.3 is 5.97 Å². The standard InChI is InChI=1S/C9H17NO4S/c1-6(9(12)13)5-15(14)7(2)8(11)10(3)4/h6-7H,5H2,1-4H3,(H,12,13). The van der Waals surface area contributed by atoms with Crippen molar-refractivity contribution in [2.45, 2.75) is 19.1 Å². The summed E-state index contributed by atoms with van der Waals surface area (Å²) in [6.07, 6.45) is 0. The molecule has 0 heterocycles. The number of carbonyl (C=O) groups is 2. The minimum Gasteiger partial charge on any atom is -0.481 e. The van der Waals surface area contributed by atoms with Crippen molar-refractivity contribution in [2.75, 3.05) is 19.8 Å². The zero-order valence-electron chi connectivity index (χ0n) is 9.39. The third-order valence-electron chi connectivity index (χ3n) is 2.02. The maximum absolute atomic E-state index is 11.6. The lowest BCUT2D eigenvalue weighted by Gasteiger charge is -2.17. The molecule has 1 N–H and O–H groups in total. The molecule has 0 saturated carbocycles. The fourth-order valence-corrected chi connectivity index (χ4v) is 2.30. The summed E-state index contributed by atoms with van der Waals surface area (Å²) in [4.78, 5) is 23.3. The van der Waals surface area contributed by atoms with Gasteiger partial charge in [0.25, 0.3) is 0 Å². The molecule has 15 heavy (non-hydrogen) atoms. The fraction of sp³-hybridized carbons (Fsp3) is 0.778. The van der Waals surface area contributed by atoms with E-state index < -0.39 is 27.9 Å². The third-order valence-corrected chi connectivity index (χ3v) is 3.84. The third kappa shape index (κ3) is 4.42. The second kappa shape index (κ2) is 5.85. The maximum Gasteiger partial charge on any atom is 0.307 e. The van der Waals surface area contributed by atoms with E-state index in [1.165, 1.54) is 11.8 Å². The number of hydrogen-bond donors (Lipinski definition) is 1. The van der Waals surface area contributed by atoms with Crippen LogP contribution in [-0.4, -0.2) is 51.2 Å². The number of hydrogen-bond acceptors (Lipinski definition) is 3. The van der Waals surface area contributed by atoms with Crippen molar-refractivity contribution in [3.05, 3.63) is 0 Å². The SMILES string of the molecule is CC(CS(=O)C(C)C(=O)N(C)C)C(=O)O. The molecule has 0 bridgehead atoms. The van der Waals surface area contributed by atoms with E-state index in [0.717, 1.165) is 0 Å². The van der Waals surface area contributed by atoms with Gasteiger partial charge in [-0.05, 0) is 6.92 Å². The number of carboxylic acid groups (broad SMARTS) is 1. The average molecular weight is 235 g/mol. The van der Waals surface area contributed by atoms with Crippen molar-refractivity contribution in [2.24, 2.45) is 5.92 Å². The summed E-state index contributed by atoms with van der Waals surface area (Å²) in [5.41, 5.74) is 0. The van der Waals surface area contributed by atoms with Crippen LogP contribution < -0.4 is 0 Å². The highest BCUT2D eigenvalue weighted by Crippen LogP contribution is 2.05. The van der Waals surface area contributed by atoms with Crippen molar-refractivity contribution in [3.63, 3.8) is 0 Å². The first-order valence-electron chi connectivity index (χ1n) is 4.58. The van der Waals surface area contributed by atoms with E-state index in [-0.39, 0.29) is 11.7 Å².